The summed E-state index contributed by atoms with van der Waals surface area (Å²) in [5, 5.41) is 16.4. The van der Waals surface area contributed by atoms with Gasteiger partial charge in [0, 0.05) is 17.0 Å². The molecule has 0 aliphatic carbocycles. The lowest BCUT2D eigenvalue weighted by Gasteiger charge is -2.14. The molecule has 2 aromatic heterocycles. The Morgan fingerprint density at radius 3 is 2.59 bits per heavy atom. The fourth-order valence-electron chi connectivity index (χ4n) is 1.47. The Kier molecular flexibility index (Phi) is 2.94. The first-order valence-electron chi connectivity index (χ1n) is 5.04. The molecule has 88 valence electrons. The molecule has 4 nitrogen and oxygen atoms in total. The van der Waals surface area contributed by atoms with E-state index in [1.165, 1.54) is 16.0 Å². The standard InChI is InChI=1S/C11H11ClN4S/c1-11(2,3)8-7(6-13)9(12)16(15-8)10-14-4-5-17-10/h4-5H,1-3H3. The maximum atomic E-state index is 9.17. The summed E-state index contributed by atoms with van der Waals surface area (Å²) in [5.74, 6) is 0. The van der Waals surface area contributed by atoms with E-state index in [1.54, 1.807) is 6.20 Å². The normalized spacial score (nSPS) is 11.5. The first-order valence-corrected chi connectivity index (χ1v) is 6.30. The van der Waals surface area contributed by atoms with Crippen molar-refractivity contribution in [2.75, 3.05) is 0 Å². The number of aromatic nitrogens is 3. The van der Waals surface area contributed by atoms with Crippen LogP contribution >= 0.6 is 22.9 Å². The van der Waals surface area contributed by atoms with Crippen molar-refractivity contribution < 1.29 is 0 Å². The summed E-state index contributed by atoms with van der Waals surface area (Å²) in [6.45, 7) is 6.00. The van der Waals surface area contributed by atoms with Crippen LogP contribution in [0, 0.1) is 11.3 Å². The Labute approximate surface area is 108 Å². The van der Waals surface area contributed by atoms with E-state index >= 15 is 0 Å². The van der Waals surface area contributed by atoms with Crippen LogP contribution in [0.1, 0.15) is 32.0 Å². The van der Waals surface area contributed by atoms with Crippen molar-refractivity contribution in [3.8, 4) is 11.2 Å². The predicted molar refractivity (Wildman–Crippen MR) is 67.7 cm³/mol. The molecule has 0 unspecified atom stereocenters. The average Bonchev–Trinajstić information content (AvgIpc) is 2.82. The molecule has 0 radical (unpaired) electrons. The van der Waals surface area contributed by atoms with Gasteiger partial charge in [-0.1, -0.05) is 32.4 Å². The van der Waals surface area contributed by atoms with E-state index in [2.05, 4.69) is 16.2 Å². The highest BCUT2D eigenvalue weighted by atomic mass is 35.5. The molecule has 0 spiro atoms. The van der Waals surface area contributed by atoms with Gasteiger partial charge in [-0.15, -0.1) is 11.3 Å². The zero-order chi connectivity index (χ0) is 12.6. The minimum absolute atomic E-state index is 0.225. The molecule has 2 rings (SSSR count). The summed E-state index contributed by atoms with van der Waals surface area (Å²) >= 11 is 7.60. The van der Waals surface area contributed by atoms with Crippen molar-refractivity contribution in [1.29, 1.82) is 5.26 Å². The fraction of sp³-hybridized carbons (Fsp3) is 0.364. The summed E-state index contributed by atoms with van der Waals surface area (Å²) in [6.07, 6.45) is 1.68. The molecule has 0 aliphatic heterocycles. The molecule has 0 aromatic carbocycles. The highest BCUT2D eigenvalue weighted by Gasteiger charge is 2.27. The van der Waals surface area contributed by atoms with Crippen molar-refractivity contribution in [3.05, 3.63) is 28.0 Å². The van der Waals surface area contributed by atoms with Crippen LogP contribution in [-0.2, 0) is 5.41 Å². The number of nitrogens with zero attached hydrogens (tertiary/aromatic N) is 4. The molecule has 0 saturated heterocycles. The topological polar surface area (TPSA) is 54.5 Å². The summed E-state index contributed by atoms with van der Waals surface area (Å²) < 4.78 is 1.52. The third kappa shape index (κ3) is 2.06. The highest BCUT2D eigenvalue weighted by molar-refractivity contribution is 7.12. The lowest BCUT2D eigenvalue weighted by Crippen LogP contribution is -2.14. The lowest BCUT2D eigenvalue weighted by atomic mass is 9.90. The molecular formula is C11H11ClN4S. The first-order chi connectivity index (χ1) is 7.95. The maximum absolute atomic E-state index is 9.17. The van der Waals surface area contributed by atoms with E-state index in [4.69, 9.17) is 16.9 Å². The Morgan fingerprint density at radius 2 is 2.18 bits per heavy atom. The van der Waals surface area contributed by atoms with Crippen molar-refractivity contribution in [2.45, 2.75) is 26.2 Å². The largest absolute Gasteiger partial charge is 0.227 e. The molecule has 0 N–H and O–H groups in total. The SMILES string of the molecule is CC(C)(C)c1nn(-c2nccs2)c(Cl)c1C#N. The monoisotopic (exact) mass is 266 g/mol. The van der Waals surface area contributed by atoms with Gasteiger partial charge in [0.1, 0.15) is 11.6 Å². The van der Waals surface area contributed by atoms with Crippen LogP contribution in [0.25, 0.3) is 5.13 Å². The summed E-state index contributed by atoms with van der Waals surface area (Å²) in [5.41, 5.74) is 0.895. The van der Waals surface area contributed by atoms with Crippen molar-refractivity contribution >= 4 is 22.9 Å². The molecule has 0 atom stereocenters. The third-order valence-electron chi connectivity index (χ3n) is 2.25. The van der Waals surface area contributed by atoms with Gasteiger partial charge >= 0.3 is 0 Å². The summed E-state index contributed by atoms with van der Waals surface area (Å²) in [7, 11) is 0. The van der Waals surface area contributed by atoms with Gasteiger partial charge in [0.15, 0.2) is 5.15 Å². The van der Waals surface area contributed by atoms with Gasteiger partial charge in [0.25, 0.3) is 0 Å². The second-order valence-electron chi connectivity index (χ2n) is 4.60. The smallest absolute Gasteiger partial charge is 0.211 e. The van der Waals surface area contributed by atoms with Gasteiger partial charge in [0.05, 0.1) is 5.69 Å². The van der Waals surface area contributed by atoms with Gasteiger partial charge in [-0.05, 0) is 0 Å². The molecular weight excluding hydrogens is 256 g/mol. The number of nitriles is 1. The van der Waals surface area contributed by atoms with Crippen molar-refractivity contribution in [3.63, 3.8) is 0 Å². The van der Waals surface area contributed by atoms with E-state index in [0.29, 0.717) is 21.5 Å². The number of rotatable bonds is 1. The minimum Gasteiger partial charge on any atom is -0.227 e. The number of hydrogen-bond donors (Lipinski definition) is 0. The molecule has 0 amide bonds. The van der Waals surface area contributed by atoms with Gasteiger partial charge < -0.3 is 0 Å². The lowest BCUT2D eigenvalue weighted by molar-refractivity contribution is 0.559. The molecule has 0 bridgehead atoms. The van der Waals surface area contributed by atoms with Crippen LogP contribution in [0.5, 0.6) is 0 Å². The fourth-order valence-corrected chi connectivity index (χ4v) is 2.37. The van der Waals surface area contributed by atoms with E-state index in [0.717, 1.165) is 0 Å². The van der Waals surface area contributed by atoms with Gasteiger partial charge in [-0.25, -0.2) is 4.98 Å². The van der Waals surface area contributed by atoms with E-state index in [-0.39, 0.29) is 5.41 Å². The number of thiazole rings is 1. The number of hydrogen-bond acceptors (Lipinski definition) is 4. The van der Waals surface area contributed by atoms with E-state index in [1.807, 2.05) is 26.2 Å². The number of halogens is 1. The Bertz CT molecular complexity index is 572. The summed E-state index contributed by atoms with van der Waals surface area (Å²) in [6, 6.07) is 2.11. The molecule has 0 saturated carbocycles. The molecule has 0 fully saturated rings. The van der Waals surface area contributed by atoms with Crippen LogP contribution in [0.15, 0.2) is 11.6 Å². The van der Waals surface area contributed by atoms with Crippen LogP contribution in [0.3, 0.4) is 0 Å². The van der Waals surface area contributed by atoms with Crippen LogP contribution in [0.4, 0.5) is 0 Å². The quantitative estimate of drug-likeness (QED) is 0.797. The van der Waals surface area contributed by atoms with Gasteiger partial charge in [-0.3, -0.25) is 0 Å². The predicted octanol–water partition coefficient (Wildman–Crippen LogP) is 3.15. The van der Waals surface area contributed by atoms with Crippen LogP contribution in [-0.4, -0.2) is 14.8 Å². The van der Waals surface area contributed by atoms with Crippen molar-refractivity contribution in [1.82, 2.24) is 14.8 Å². The van der Waals surface area contributed by atoms with Gasteiger partial charge in [0.2, 0.25) is 5.13 Å². The minimum atomic E-state index is -0.225. The third-order valence-corrected chi connectivity index (χ3v) is 3.35. The van der Waals surface area contributed by atoms with Gasteiger partial charge in [-0.2, -0.15) is 15.0 Å². The average molecular weight is 267 g/mol. The second kappa shape index (κ2) is 4.13. The molecule has 2 heterocycles. The highest BCUT2D eigenvalue weighted by Crippen LogP contribution is 2.31. The Balaban J connectivity index is 2.66. The van der Waals surface area contributed by atoms with E-state index < -0.39 is 0 Å². The molecule has 17 heavy (non-hydrogen) atoms. The zero-order valence-corrected chi connectivity index (χ0v) is 11.3. The second-order valence-corrected chi connectivity index (χ2v) is 5.83. The summed E-state index contributed by atoms with van der Waals surface area (Å²) in [4.78, 5) is 4.14. The molecule has 2 aromatic rings. The van der Waals surface area contributed by atoms with Crippen molar-refractivity contribution in [2.24, 2.45) is 0 Å². The maximum Gasteiger partial charge on any atom is 0.211 e. The van der Waals surface area contributed by atoms with E-state index in [9.17, 15) is 0 Å². The zero-order valence-electron chi connectivity index (χ0n) is 9.73. The Morgan fingerprint density at radius 1 is 1.47 bits per heavy atom. The van der Waals surface area contributed by atoms with Crippen LogP contribution in [0.2, 0.25) is 5.15 Å². The molecule has 6 heteroatoms. The molecule has 0 aliphatic rings. The Hall–Kier alpha value is -1.38. The van der Waals surface area contributed by atoms with Crippen LogP contribution < -0.4 is 0 Å². The first kappa shape index (κ1) is 12.1.